The van der Waals surface area contributed by atoms with Crippen molar-refractivity contribution in [1.29, 1.82) is 0 Å². The fourth-order valence-corrected chi connectivity index (χ4v) is 4.44. The van der Waals surface area contributed by atoms with Gasteiger partial charge in [0.1, 0.15) is 0 Å². The number of fused-ring (bicyclic) bond motifs is 1. The van der Waals surface area contributed by atoms with Crippen LogP contribution in [0.1, 0.15) is 33.6 Å². The van der Waals surface area contributed by atoms with Gasteiger partial charge >= 0.3 is 6.03 Å². The maximum Gasteiger partial charge on any atom is 0.321 e. The van der Waals surface area contributed by atoms with Gasteiger partial charge < -0.3 is 10.2 Å². The SMILES string of the molecule is O=C1CCc2cc(NC(=O)N3CCCN(Cc4cccs4)CC3)ccc21. The number of nitrogens with zero attached hydrogens (tertiary/aromatic N) is 2. The zero-order valence-corrected chi connectivity index (χ0v) is 15.6. The lowest BCUT2D eigenvalue weighted by Crippen LogP contribution is -2.38. The van der Waals surface area contributed by atoms with E-state index in [9.17, 15) is 9.59 Å². The number of hydrogen-bond donors (Lipinski definition) is 1. The minimum Gasteiger partial charge on any atom is -0.323 e. The lowest BCUT2D eigenvalue weighted by Gasteiger charge is -2.22. The van der Waals surface area contributed by atoms with Crippen LogP contribution in [0.3, 0.4) is 0 Å². The van der Waals surface area contributed by atoms with Crippen LogP contribution < -0.4 is 5.32 Å². The number of carbonyl (C=O) groups is 2. The summed E-state index contributed by atoms with van der Waals surface area (Å²) in [5.41, 5.74) is 2.64. The first-order valence-electron chi connectivity index (χ1n) is 9.16. The molecule has 4 rings (SSSR count). The molecule has 1 aliphatic carbocycles. The van der Waals surface area contributed by atoms with Gasteiger partial charge in [0.15, 0.2) is 5.78 Å². The van der Waals surface area contributed by atoms with Gasteiger partial charge in [-0.1, -0.05) is 6.07 Å². The molecule has 0 atom stereocenters. The molecule has 0 bridgehead atoms. The van der Waals surface area contributed by atoms with Crippen LogP contribution in [-0.4, -0.2) is 47.8 Å². The number of amides is 2. The van der Waals surface area contributed by atoms with Gasteiger partial charge in [0.2, 0.25) is 0 Å². The standard InChI is InChI=1S/C20H23N3O2S/c24-19-7-4-15-13-16(5-6-18(15)19)21-20(25)23-9-2-8-22(10-11-23)14-17-3-1-12-26-17/h1,3,5-6,12-13H,2,4,7-11,14H2,(H,21,25). The molecule has 0 spiro atoms. The van der Waals surface area contributed by atoms with Crippen molar-refractivity contribution in [2.75, 3.05) is 31.5 Å². The Morgan fingerprint density at radius 3 is 2.88 bits per heavy atom. The normalized spacial score (nSPS) is 17.8. The maximum atomic E-state index is 12.6. The van der Waals surface area contributed by atoms with E-state index in [-0.39, 0.29) is 11.8 Å². The Morgan fingerprint density at radius 1 is 1.12 bits per heavy atom. The average Bonchev–Trinajstić information content (AvgIpc) is 3.20. The highest BCUT2D eigenvalue weighted by Gasteiger charge is 2.22. The Hall–Kier alpha value is -2.18. The van der Waals surface area contributed by atoms with Gasteiger partial charge in [-0.25, -0.2) is 4.79 Å². The van der Waals surface area contributed by atoms with E-state index in [1.165, 1.54) is 4.88 Å². The maximum absolute atomic E-state index is 12.6. The fourth-order valence-electron chi connectivity index (χ4n) is 3.69. The quantitative estimate of drug-likeness (QED) is 0.899. The minimum absolute atomic E-state index is 0.0488. The first-order valence-corrected chi connectivity index (χ1v) is 10.0. The zero-order valence-electron chi connectivity index (χ0n) is 14.7. The molecule has 1 N–H and O–H groups in total. The van der Waals surface area contributed by atoms with Crippen molar-refractivity contribution in [3.05, 3.63) is 51.7 Å². The second kappa shape index (κ2) is 7.60. The Bertz CT molecular complexity index is 803. The van der Waals surface area contributed by atoms with Crippen LogP contribution in [0.5, 0.6) is 0 Å². The first-order chi connectivity index (χ1) is 12.7. The minimum atomic E-state index is -0.0488. The predicted molar refractivity (Wildman–Crippen MR) is 104 cm³/mol. The van der Waals surface area contributed by atoms with Crippen molar-refractivity contribution < 1.29 is 9.59 Å². The molecule has 1 fully saturated rings. The van der Waals surface area contributed by atoms with E-state index in [4.69, 9.17) is 0 Å². The van der Waals surface area contributed by atoms with Crippen molar-refractivity contribution >= 4 is 28.8 Å². The van der Waals surface area contributed by atoms with Gasteiger partial charge in [0.25, 0.3) is 0 Å². The largest absolute Gasteiger partial charge is 0.323 e. The summed E-state index contributed by atoms with van der Waals surface area (Å²) in [5, 5.41) is 5.11. The molecule has 2 amide bonds. The van der Waals surface area contributed by atoms with Crippen LogP contribution in [0.25, 0.3) is 0 Å². The molecule has 26 heavy (non-hydrogen) atoms. The van der Waals surface area contributed by atoms with Crippen LogP contribution >= 0.6 is 11.3 Å². The molecule has 2 aliphatic rings. The van der Waals surface area contributed by atoms with Crippen molar-refractivity contribution in [3.8, 4) is 0 Å². The fraction of sp³-hybridized carbons (Fsp3) is 0.400. The number of thiophene rings is 1. The molecule has 0 saturated carbocycles. The van der Waals surface area contributed by atoms with Gasteiger partial charge in [0.05, 0.1) is 0 Å². The molecule has 2 aromatic rings. The highest BCUT2D eigenvalue weighted by atomic mass is 32.1. The number of aryl methyl sites for hydroxylation is 1. The highest BCUT2D eigenvalue weighted by Crippen LogP contribution is 2.25. The van der Waals surface area contributed by atoms with E-state index in [0.717, 1.165) is 62.4 Å². The highest BCUT2D eigenvalue weighted by molar-refractivity contribution is 7.09. The number of ketones is 1. The van der Waals surface area contributed by atoms with Crippen molar-refractivity contribution in [3.63, 3.8) is 0 Å². The summed E-state index contributed by atoms with van der Waals surface area (Å²) in [5.74, 6) is 0.205. The summed E-state index contributed by atoms with van der Waals surface area (Å²) in [4.78, 5) is 30.1. The van der Waals surface area contributed by atoms with Crippen molar-refractivity contribution in [2.24, 2.45) is 0 Å². The second-order valence-corrected chi connectivity index (χ2v) is 7.95. The zero-order chi connectivity index (χ0) is 17.9. The van der Waals surface area contributed by atoms with E-state index in [1.54, 1.807) is 11.3 Å². The molecule has 1 aliphatic heterocycles. The number of benzene rings is 1. The third kappa shape index (κ3) is 3.81. The van der Waals surface area contributed by atoms with Crippen LogP contribution in [-0.2, 0) is 13.0 Å². The number of anilines is 1. The van der Waals surface area contributed by atoms with Gasteiger partial charge in [-0.15, -0.1) is 11.3 Å². The average molecular weight is 369 g/mol. The van der Waals surface area contributed by atoms with E-state index < -0.39 is 0 Å². The number of carbonyl (C=O) groups excluding carboxylic acids is 2. The molecule has 1 aromatic carbocycles. The van der Waals surface area contributed by atoms with Crippen LogP contribution in [0, 0.1) is 0 Å². The number of rotatable bonds is 3. The monoisotopic (exact) mass is 369 g/mol. The molecular weight excluding hydrogens is 346 g/mol. The van der Waals surface area contributed by atoms with Gasteiger partial charge in [-0.2, -0.15) is 0 Å². The lowest BCUT2D eigenvalue weighted by molar-refractivity contribution is 0.0994. The van der Waals surface area contributed by atoms with Gasteiger partial charge in [-0.05, 0) is 48.1 Å². The van der Waals surface area contributed by atoms with Crippen LogP contribution in [0.4, 0.5) is 10.5 Å². The van der Waals surface area contributed by atoms with Crippen LogP contribution in [0.2, 0.25) is 0 Å². The predicted octanol–water partition coefficient (Wildman–Crippen LogP) is 3.62. The van der Waals surface area contributed by atoms with Crippen molar-refractivity contribution in [2.45, 2.75) is 25.8 Å². The number of Topliss-reactive ketones (excluding diaryl/α,β-unsaturated/α-hetero) is 1. The summed E-state index contributed by atoms with van der Waals surface area (Å²) in [6.45, 7) is 4.38. The molecule has 2 heterocycles. The molecule has 6 heteroatoms. The Morgan fingerprint density at radius 2 is 2.04 bits per heavy atom. The third-order valence-electron chi connectivity index (χ3n) is 5.11. The van der Waals surface area contributed by atoms with Crippen LogP contribution in [0.15, 0.2) is 35.7 Å². The van der Waals surface area contributed by atoms with E-state index in [2.05, 4.69) is 27.7 Å². The molecule has 1 saturated heterocycles. The molecule has 0 radical (unpaired) electrons. The Kier molecular flexibility index (Phi) is 5.04. The van der Waals surface area contributed by atoms with Gasteiger partial charge in [-0.3, -0.25) is 9.69 Å². The number of nitrogens with one attached hydrogen (secondary N) is 1. The summed E-state index contributed by atoms with van der Waals surface area (Å²) < 4.78 is 0. The Balaban J connectivity index is 1.34. The van der Waals surface area contributed by atoms with Gasteiger partial charge in [0, 0.05) is 55.3 Å². The van der Waals surface area contributed by atoms with Crippen molar-refractivity contribution in [1.82, 2.24) is 9.80 Å². The number of hydrogen-bond acceptors (Lipinski definition) is 4. The summed E-state index contributed by atoms with van der Waals surface area (Å²) in [6, 6.07) is 9.82. The molecule has 1 aromatic heterocycles. The smallest absolute Gasteiger partial charge is 0.321 e. The van der Waals surface area contributed by atoms with E-state index in [0.29, 0.717) is 6.42 Å². The lowest BCUT2D eigenvalue weighted by atomic mass is 10.1. The summed E-state index contributed by atoms with van der Waals surface area (Å²) in [6.07, 6.45) is 2.34. The topological polar surface area (TPSA) is 52.7 Å². The molecular formula is C20H23N3O2S. The molecule has 0 unspecified atom stereocenters. The second-order valence-electron chi connectivity index (χ2n) is 6.92. The summed E-state index contributed by atoms with van der Waals surface area (Å²) >= 11 is 1.78. The molecule has 136 valence electrons. The van der Waals surface area contributed by atoms with E-state index in [1.807, 2.05) is 23.1 Å². The third-order valence-corrected chi connectivity index (χ3v) is 5.97. The first kappa shape index (κ1) is 17.2. The Labute approximate surface area is 157 Å². The van der Waals surface area contributed by atoms with E-state index >= 15 is 0 Å². The molecule has 5 nitrogen and oxygen atoms in total. The number of urea groups is 1. The summed E-state index contributed by atoms with van der Waals surface area (Å²) in [7, 11) is 0.